The van der Waals surface area contributed by atoms with Crippen LogP contribution in [0.4, 0.5) is 4.39 Å². The highest BCUT2D eigenvalue weighted by Crippen LogP contribution is 2.12. The van der Waals surface area contributed by atoms with Gasteiger partial charge in [0, 0.05) is 29.6 Å². The van der Waals surface area contributed by atoms with Crippen molar-refractivity contribution in [2.75, 3.05) is 6.54 Å². The van der Waals surface area contributed by atoms with Crippen molar-refractivity contribution in [1.82, 2.24) is 15.3 Å². The first-order valence-corrected chi connectivity index (χ1v) is 6.60. The number of benzene rings is 1. The molecule has 0 amide bonds. The van der Waals surface area contributed by atoms with Crippen LogP contribution < -0.4 is 10.1 Å². The molecule has 2 aromatic rings. The molecule has 0 saturated carbocycles. The summed E-state index contributed by atoms with van der Waals surface area (Å²) in [6.45, 7) is 5.70. The van der Waals surface area contributed by atoms with Gasteiger partial charge in [-0.2, -0.15) is 0 Å². The Morgan fingerprint density at radius 2 is 2.05 bits per heavy atom. The lowest BCUT2D eigenvalue weighted by Crippen LogP contribution is -2.14. The Morgan fingerprint density at radius 3 is 2.75 bits per heavy atom. The number of nitrogens with one attached hydrogen (secondary N) is 1. The first kappa shape index (κ1) is 14.4. The Hall–Kier alpha value is -2.01. The average Bonchev–Trinajstić information content (AvgIpc) is 2.45. The number of nitrogens with zero attached hydrogens (tertiary/aromatic N) is 2. The maximum absolute atomic E-state index is 13.4. The molecule has 0 radical (unpaired) electrons. The van der Waals surface area contributed by atoms with Gasteiger partial charge in [0.15, 0.2) is 0 Å². The third-order valence-corrected chi connectivity index (χ3v) is 2.94. The summed E-state index contributed by atoms with van der Waals surface area (Å²) in [5.41, 5.74) is 2.39. The van der Waals surface area contributed by atoms with Gasteiger partial charge in [0.1, 0.15) is 12.4 Å². The molecule has 106 valence electrons. The second-order valence-electron chi connectivity index (χ2n) is 4.42. The van der Waals surface area contributed by atoms with Crippen LogP contribution in [0.25, 0.3) is 0 Å². The zero-order valence-electron chi connectivity index (χ0n) is 11.7. The molecule has 0 aliphatic carbocycles. The van der Waals surface area contributed by atoms with E-state index >= 15 is 0 Å². The van der Waals surface area contributed by atoms with Gasteiger partial charge in [0.05, 0.1) is 0 Å². The summed E-state index contributed by atoms with van der Waals surface area (Å²) in [7, 11) is 0. The molecule has 5 heteroatoms. The molecule has 1 aromatic heterocycles. The molecule has 0 bridgehead atoms. The Labute approximate surface area is 118 Å². The topological polar surface area (TPSA) is 47.0 Å². The summed E-state index contributed by atoms with van der Waals surface area (Å²) in [4.78, 5) is 8.42. The highest BCUT2D eigenvalue weighted by Gasteiger charge is 2.06. The summed E-state index contributed by atoms with van der Waals surface area (Å²) in [5, 5.41) is 3.22. The van der Waals surface area contributed by atoms with E-state index in [0.717, 1.165) is 24.3 Å². The number of hydrogen-bond donors (Lipinski definition) is 1. The van der Waals surface area contributed by atoms with Gasteiger partial charge in [-0.3, -0.25) is 0 Å². The highest BCUT2D eigenvalue weighted by atomic mass is 19.1. The highest BCUT2D eigenvalue weighted by molar-refractivity contribution is 5.19. The van der Waals surface area contributed by atoms with Crippen molar-refractivity contribution < 1.29 is 9.13 Å². The van der Waals surface area contributed by atoms with Crippen molar-refractivity contribution in [3.05, 3.63) is 53.1 Å². The monoisotopic (exact) mass is 275 g/mol. The maximum atomic E-state index is 13.4. The number of halogens is 1. The fourth-order valence-corrected chi connectivity index (χ4v) is 1.73. The van der Waals surface area contributed by atoms with E-state index in [0.29, 0.717) is 5.56 Å². The Morgan fingerprint density at radius 1 is 1.25 bits per heavy atom. The van der Waals surface area contributed by atoms with Crippen molar-refractivity contribution in [3.8, 4) is 6.01 Å². The quantitative estimate of drug-likeness (QED) is 0.880. The maximum Gasteiger partial charge on any atom is 0.316 e. The normalized spacial score (nSPS) is 10.6. The van der Waals surface area contributed by atoms with Crippen molar-refractivity contribution in [2.24, 2.45) is 0 Å². The number of aromatic nitrogens is 2. The van der Waals surface area contributed by atoms with Gasteiger partial charge in [-0.05, 0) is 19.5 Å². The van der Waals surface area contributed by atoms with Crippen molar-refractivity contribution in [2.45, 2.75) is 27.0 Å². The van der Waals surface area contributed by atoms with Gasteiger partial charge >= 0.3 is 6.01 Å². The first-order valence-electron chi connectivity index (χ1n) is 6.60. The van der Waals surface area contributed by atoms with Gasteiger partial charge in [-0.1, -0.05) is 25.1 Å². The molecular formula is C15H18FN3O. The van der Waals surface area contributed by atoms with Gasteiger partial charge < -0.3 is 10.1 Å². The van der Waals surface area contributed by atoms with Gasteiger partial charge in [0.25, 0.3) is 0 Å². The van der Waals surface area contributed by atoms with Gasteiger partial charge in [-0.15, -0.1) is 0 Å². The fraction of sp³-hybridized carbons (Fsp3) is 0.333. The van der Waals surface area contributed by atoms with E-state index in [-0.39, 0.29) is 18.4 Å². The van der Waals surface area contributed by atoms with Gasteiger partial charge in [-0.25, -0.2) is 14.4 Å². The number of ether oxygens (including phenoxy) is 1. The third kappa shape index (κ3) is 3.74. The van der Waals surface area contributed by atoms with E-state index in [1.54, 1.807) is 24.4 Å². The van der Waals surface area contributed by atoms with E-state index in [1.807, 2.05) is 13.8 Å². The molecule has 0 aliphatic rings. The van der Waals surface area contributed by atoms with E-state index < -0.39 is 0 Å². The van der Waals surface area contributed by atoms with Crippen molar-refractivity contribution in [1.29, 1.82) is 0 Å². The fourth-order valence-electron chi connectivity index (χ4n) is 1.73. The molecule has 0 aliphatic heterocycles. The summed E-state index contributed by atoms with van der Waals surface area (Å²) >= 11 is 0. The van der Waals surface area contributed by atoms with Crippen LogP contribution in [0, 0.1) is 12.7 Å². The summed E-state index contributed by atoms with van der Waals surface area (Å²) in [5.74, 6) is -0.284. The van der Waals surface area contributed by atoms with Crippen LogP contribution in [0.5, 0.6) is 6.01 Å². The lowest BCUT2D eigenvalue weighted by Gasteiger charge is -2.08. The molecule has 4 nitrogen and oxygen atoms in total. The average molecular weight is 275 g/mol. The standard InChI is InChI=1S/C15H18FN3O/c1-3-17-8-13-9-18-15(19-11(13)2)20-10-12-6-4-5-7-14(12)16/h4-7,9,17H,3,8,10H2,1-2H3. The Balaban J connectivity index is 2.00. The molecule has 0 saturated heterocycles. The van der Waals surface area contributed by atoms with E-state index in [1.165, 1.54) is 6.07 Å². The van der Waals surface area contributed by atoms with Crippen LogP contribution in [-0.2, 0) is 13.2 Å². The first-order chi connectivity index (χ1) is 9.70. The number of hydrogen-bond acceptors (Lipinski definition) is 4. The molecule has 0 unspecified atom stereocenters. The zero-order chi connectivity index (χ0) is 14.4. The summed E-state index contributed by atoms with van der Waals surface area (Å²) < 4.78 is 18.9. The van der Waals surface area contributed by atoms with Crippen LogP contribution in [0.2, 0.25) is 0 Å². The van der Waals surface area contributed by atoms with Crippen LogP contribution in [0.1, 0.15) is 23.7 Å². The van der Waals surface area contributed by atoms with E-state index in [9.17, 15) is 4.39 Å². The molecule has 1 aromatic carbocycles. The predicted octanol–water partition coefficient (Wildman–Crippen LogP) is 2.61. The zero-order valence-corrected chi connectivity index (χ0v) is 11.7. The van der Waals surface area contributed by atoms with Crippen LogP contribution in [0.15, 0.2) is 30.5 Å². The summed E-state index contributed by atoms with van der Waals surface area (Å²) in [6.07, 6.45) is 1.74. The minimum atomic E-state index is -0.284. The second kappa shape index (κ2) is 6.96. The minimum Gasteiger partial charge on any atom is -0.458 e. The minimum absolute atomic E-state index is 0.124. The molecular weight excluding hydrogens is 257 g/mol. The van der Waals surface area contributed by atoms with Crippen LogP contribution in [0.3, 0.4) is 0 Å². The van der Waals surface area contributed by atoms with E-state index in [2.05, 4.69) is 15.3 Å². The number of rotatable bonds is 6. The molecule has 0 fully saturated rings. The Bertz CT molecular complexity index is 575. The van der Waals surface area contributed by atoms with Gasteiger partial charge in [0.2, 0.25) is 0 Å². The summed E-state index contributed by atoms with van der Waals surface area (Å²) in [6, 6.07) is 6.78. The molecule has 0 spiro atoms. The lowest BCUT2D eigenvalue weighted by atomic mass is 10.2. The third-order valence-electron chi connectivity index (χ3n) is 2.94. The largest absolute Gasteiger partial charge is 0.458 e. The molecule has 1 heterocycles. The Kier molecular flexibility index (Phi) is 5.01. The lowest BCUT2D eigenvalue weighted by molar-refractivity contribution is 0.274. The van der Waals surface area contributed by atoms with Crippen LogP contribution in [-0.4, -0.2) is 16.5 Å². The van der Waals surface area contributed by atoms with Crippen LogP contribution >= 0.6 is 0 Å². The van der Waals surface area contributed by atoms with Crippen molar-refractivity contribution >= 4 is 0 Å². The molecule has 1 N–H and O–H groups in total. The number of aryl methyl sites for hydroxylation is 1. The SMILES string of the molecule is CCNCc1cnc(OCc2ccccc2F)nc1C. The smallest absolute Gasteiger partial charge is 0.316 e. The van der Waals surface area contributed by atoms with Crippen molar-refractivity contribution in [3.63, 3.8) is 0 Å². The molecule has 2 rings (SSSR count). The molecule has 20 heavy (non-hydrogen) atoms. The van der Waals surface area contributed by atoms with E-state index in [4.69, 9.17) is 4.74 Å². The predicted molar refractivity (Wildman–Crippen MR) is 74.9 cm³/mol. The second-order valence-corrected chi connectivity index (χ2v) is 4.42. The molecule has 0 atom stereocenters.